The third kappa shape index (κ3) is 7.52. The van der Waals surface area contributed by atoms with E-state index >= 15 is 0 Å². The third-order valence-corrected chi connectivity index (χ3v) is 4.68. The lowest BCUT2D eigenvalue weighted by Crippen LogP contribution is -2.39. The maximum Gasteiger partial charge on any atom is 0.191 e. The number of hydrogen-bond acceptors (Lipinski definition) is 2. The van der Waals surface area contributed by atoms with Crippen molar-refractivity contribution in [2.24, 2.45) is 16.8 Å². The first-order chi connectivity index (χ1) is 12.5. The molecule has 1 saturated carbocycles. The fraction of sp³-hybridized carbons (Fsp3) is 0.650. The second-order valence-corrected chi connectivity index (χ2v) is 7.46. The Kier molecular flexibility index (Phi) is 10.5. The standard InChI is InChI=1S/C20H31F2N3O.HI/c1-4-23-20(24-12-14(8-9-26)10-13(2)3)25-18-11-15(18)19-16(21)6-5-7-17(19)22;/h5-7,13-15,18,26H,4,8-12H2,1-3H3,(H2,23,24,25);1H. The molecule has 7 heteroatoms. The Morgan fingerprint density at radius 1 is 1.30 bits per heavy atom. The van der Waals surface area contributed by atoms with Crippen LogP contribution >= 0.6 is 24.0 Å². The second kappa shape index (κ2) is 11.8. The minimum atomic E-state index is -0.485. The predicted octanol–water partition coefficient (Wildman–Crippen LogP) is 4.04. The molecule has 0 radical (unpaired) electrons. The molecule has 1 aliphatic rings. The van der Waals surface area contributed by atoms with Crippen molar-refractivity contribution in [3.63, 3.8) is 0 Å². The highest BCUT2D eigenvalue weighted by Gasteiger charge is 2.42. The lowest BCUT2D eigenvalue weighted by atomic mass is 9.94. The van der Waals surface area contributed by atoms with E-state index in [0.717, 1.165) is 12.8 Å². The molecular weight excluding hydrogens is 463 g/mol. The normalized spacial score (nSPS) is 20.2. The molecule has 27 heavy (non-hydrogen) atoms. The number of aliphatic hydroxyl groups excluding tert-OH is 1. The van der Waals surface area contributed by atoms with Crippen LogP contribution in [0.5, 0.6) is 0 Å². The van der Waals surface area contributed by atoms with Gasteiger partial charge in [-0.1, -0.05) is 19.9 Å². The molecule has 1 aromatic carbocycles. The minimum absolute atomic E-state index is 0. The first-order valence-electron chi connectivity index (χ1n) is 9.55. The molecular formula is C20H32F2IN3O. The van der Waals surface area contributed by atoms with Crippen molar-refractivity contribution in [3.8, 4) is 0 Å². The van der Waals surface area contributed by atoms with Crippen molar-refractivity contribution < 1.29 is 13.9 Å². The quantitative estimate of drug-likeness (QED) is 0.276. The van der Waals surface area contributed by atoms with Gasteiger partial charge in [0, 0.05) is 37.2 Å². The van der Waals surface area contributed by atoms with Gasteiger partial charge >= 0.3 is 0 Å². The summed E-state index contributed by atoms with van der Waals surface area (Å²) in [6.07, 6.45) is 2.43. The van der Waals surface area contributed by atoms with E-state index in [1.54, 1.807) is 0 Å². The van der Waals surface area contributed by atoms with E-state index < -0.39 is 11.6 Å². The molecule has 154 valence electrons. The number of halogens is 3. The molecule has 4 nitrogen and oxygen atoms in total. The van der Waals surface area contributed by atoms with Gasteiger partial charge < -0.3 is 15.7 Å². The van der Waals surface area contributed by atoms with Crippen LogP contribution in [0.4, 0.5) is 8.78 Å². The smallest absolute Gasteiger partial charge is 0.191 e. The van der Waals surface area contributed by atoms with E-state index in [9.17, 15) is 13.9 Å². The summed E-state index contributed by atoms with van der Waals surface area (Å²) in [7, 11) is 0. The summed E-state index contributed by atoms with van der Waals surface area (Å²) in [4.78, 5) is 4.63. The van der Waals surface area contributed by atoms with Crippen molar-refractivity contribution >= 4 is 29.9 Å². The van der Waals surface area contributed by atoms with Gasteiger partial charge in [0.15, 0.2) is 5.96 Å². The Labute approximate surface area is 178 Å². The molecule has 1 fully saturated rings. The molecule has 3 unspecified atom stereocenters. The third-order valence-electron chi connectivity index (χ3n) is 4.68. The molecule has 3 atom stereocenters. The van der Waals surface area contributed by atoms with Crippen LogP contribution < -0.4 is 10.6 Å². The molecule has 1 aromatic rings. The van der Waals surface area contributed by atoms with Gasteiger partial charge in [0.2, 0.25) is 0 Å². The Balaban J connectivity index is 0.00000364. The van der Waals surface area contributed by atoms with Crippen molar-refractivity contribution in [1.29, 1.82) is 0 Å². The fourth-order valence-corrected chi connectivity index (χ4v) is 3.39. The van der Waals surface area contributed by atoms with Gasteiger partial charge in [-0.3, -0.25) is 4.99 Å². The molecule has 0 heterocycles. The van der Waals surface area contributed by atoms with Crippen molar-refractivity contribution in [1.82, 2.24) is 10.6 Å². The topological polar surface area (TPSA) is 56.7 Å². The SMILES string of the molecule is CCNC(=NCC(CCO)CC(C)C)NC1CC1c1c(F)cccc1F.I. The average molecular weight is 495 g/mol. The summed E-state index contributed by atoms with van der Waals surface area (Å²) in [6.45, 7) is 7.81. The molecule has 3 N–H and O–H groups in total. The number of guanidine groups is 1. The van der Waals surface area contributed by atoms with Crippen LogP contribution in [0.3, 0.4) is 0 Å². The van der Waals surface area contributed by atoms with E-state index in [1.807, 2.05) is 6.92 Å². The largest absolute Gasteiger partial charge is 0.396 e. The summed E-state index contributed by atoms with van der Waals surface area (Å²) < 4.78 is 27.8. The fourth-order valence-electron chi connectivity index (χ4n) is 3.39. The van der Waals surface area contributed by atoms with Crippen LogP contribution in [-0.4, -0.2) is 36.8 Å². The molecule has 0 aromatic heterocycles. The van der Waals surface area contributed by atoms with Gasteiger partial charge in [-0.25, -0.2) is 8.78 Å². The lowest BCUT2D eigenvalue weighted by Gasteiger charge is -2.17. The number of nitrogens with one attached hydrogen (secondary N) is 2. The number of nitrogens with zero attached hydrogens (tertiary/aromatic N) is 1. The second-order valence-electron chi connectivity index (χ2n) is 7.46. The summed E-state index contributed by atoms with van der Waals surface area (Å²) >= 11 is 0. The van der Waals surface area contributed by atoms with E-state index in [0.29, 0.717) is 37.3 Å². The zero-order valence-corrected chi connectivity index (χ0v) is 18.7. The van der Waals surface area contributed by atoms with Gasteiger partial charge in [0.05, 0.1) is 0 Å². The average Bonchev–Trinajstić information content (AvgIpc) is 3.31. The highest BCUT2D eigenvalue weighted by Crippen LogP contribution is 2.43. The van der Waals surface area contributed by atoms with Crippen LogP contribution in [0.25, 0.3) is 0 Å². The van der Waals surface area contributed by atoms with Gasteiger partial charge in [-0.05, 0) is 50.2 Å². The zero-order chi connectivity index (χ0) is 19.1. The van der Waals surface area contributed by atoms with Crippen molar-refractivity contribution in [2.45, 2.75) is 52.0 Å². The molecule has 0 aliphatic heterocycles. The van der Waals surface area contributed by atoms with Gasteiger partial charge in [0.1, 0.15) is 11.6 Å². The van der Waals surface area contributed by atoms with Gasteiger partial charge in [0.25, 0.3) is 0 Å². The van der Waals surface area contributed by atoms with Crippen LogP contribution in [0, 0.1) is 23.5 Å². The van der Waals surface area contributed by atoms with Crippen LogP contribution in [0.2, 0.25) is 0 Å². The van der Waals surface area contributed by atoms with Gasteiger partial charge in [-0.15, -0.1) is 24.0 Å². The van der Waals surface area contributed by atoms with Crippen molar-refractivity contribution in [3.05, 3.63) is 35.4 Å². The minimum Gasteiger partial charge on any atom is -0.396 e. The summed E-state index contributed by atoms with van der Waals surface area (Å²) in [5, 5.41) is 15.7. The molecule has 0 spiro atoms. The number of rotatable bonds is 9. The Hall–Kier alpha value is -0.960. The van der Waals surface area contributed by atoms with E-state index in [4.69, 9.17) is 0 Å². The summed E-state index contributed by atoms with van der Waals surface area (Å²) in [5.74, 6) is 0.415. The lowest BCUT2D eigenvalue weighted by molar-refractivity contribution is 0.245. The highest BCUT2D eigenvalue weighted by molar-refractivity contribution is 14.0. The van der Waals surface area contributed by atoms with Crippen LogP contribution in [0.1, 0.15) is 51.5 Å². The van der Waals surface area contributed by atoms with Gasteiger partial charge in [-0.2, -0.15) is 0 Å². The maximum absolute atomic E-state index is 13.9. The monoisotopic (exact) mass is 495 g/mol. The predicted molar refractivity (Wildman–Crippen MR) is 117 cm³/mol. The maximum atomic E-state index is 13.9. The van der Waals surface area contributed by atoms with Crippen LogP contribution in [-0.2, 0) is 0 Å². The molecule has 0 saturated heterocycles. The number of aliphatic imine (C=N–C) groups is 1. The molecule has 2 rings (SSSR count). The summed E-state index contributed by atoms with van der Waals surface area (Å²) in [6, 6.07) is 3.98. The summed E-state index contributed by atoms with van der Waals surface area (Å²) in [5.41, 5.74) is 0.166. The van der Waals surface area contributed by atoms with E-state index in [-0.39, 0.29) is 48.1 Å². The molecule has 0 amide bonds. The Morgan fingerprint density at radius 3 is 2.52 bits per heavy atom. The number of aliphatic hydroxyl groups is 1. The first kappa shape index (κ1) is 24.1. The molecule has 0 bridgehead atoms. The number of benzene rings is 1. The molecule has 1 aliphatic carbocycles. The number of hydrogen-bond donors (Lipinski definition) is 3. The highest BCUT2D eigenvalue weighted by atomic mass is 127. The zero-order valence-electron chi connectivity index (χ0n) is 16.3. The van der Waals surface area contributed by atoms with E-state index in [1.165, 1.54) is 18.2 Å². The first-order valence-corrected chi connectivity index (χ1v) is 9.55. The Morgan fingerprint density at radius 2 is 1.96 bits per heavy atom. The van der Waals surface area contributed by atoms with Crippen LogP contribution in [0.15, 0.2) is 23.2 Å². The van der Waals surface area contributed by atoms with Crippen molar-refractivity contribution in [2.75, 3.05) is 19.7 Å². The van der Waals surface area contributed by atoms with E-state index in [2.05, 4.69) is 29.5 Å². The Bertz CT molecular complexity index is 593.